The lowest BCUT2D eigenvalue weighted by molar-refractivity contribution is 0.156. The molecule has 0 aliphatic carbocycles. The predicted molar refractivity (Wildman–Crippen MR) is 128 cm³/mol. The number of piperidine rings is 1. The summed E-state index contributed by atoms with van der Waals surface area (Å²) in [6.45, 7) is 6.35. The Balaban J connectivity index is 1.63. The normalized spacial score (nSPS) is 21.9. The molecule has 1 fully saturated rings. The van der Waals surface area contributed by atoms with Gasteiger partial charge in [0.15, 0.2) is 0 Å². The number of hydrogen-bond acceptors (Lipinski definition) is 6. The summed E-state index contributed by atoms with van der Waals surface area (Å²) < 4.78 is 35.1. The van der Waals surface area contributed by atoms with E-state index in [2.05, 4.69) is 20.0 Å². The monoisotopic (exact) mass is 464 g/mol. The van der Waals surface area contributed by atoms with Crippen LogP contribution in [-0.4, -0.2) is 38.1 Å². The largest absolute Gasteiger partial charge is 0.477 e. The number of sulfonamides is 1. The van der Waals surface area contributed by atoms with Crippen molar-refractivity contribution in [2.75, 3.05) is 24.4 Å². The van der Waals surface area contributed by atoms with Crippen LogP contribution in [0, 0.1) is 25.7 Å². The Kier molecular flexibility index (Phi) is 5.80. The third-order valence-electron chi connectivity index (χ3n) is 6.58. The summed E-state index contributed by atoms with van der Waals surface area (Å²) in [5.74, 6) is 1.08. The van der Waals surface area contributed by atoms with E-state index in [0.29, 0.717) is 30.0 Å². The van der Waals surface area contributed by atoms with Crippen molar-refractivity contribution >= 4 is 16.0 Å². The average Bonchev–Trinajstić information content (AvgIpc) is 2.78. The summed E-state index contributed by atoms with van der Waals surface area (Å²) in [4.78, 5) is 9.20. The molecule has 33 heavy (non-hydrogen) atoms. The zero-order valence-corrected chi connectivity index (χ0v) is 19.7. The summed E-state index contributed by atoms with van der Waals surface area (Å²) in [5.41, 5.74) is 4.70. The third-order valence-corrected chi connectivity index (χ3v) is 7.91. The molecule has 2 atom stereocenters. The average molecular weight is 465 g/mol. The van der Waals surface area contributed by atoms with Crippen molar-refractivity contribution < 1.29 is 13.2 Å². The molecule has 5 rings (SSSR count). The van der Waals surface area contributed by atoms with Gasteiger partial charge in [-0.25, -0.2) is 18.1 Å². The summed E-state index contributed by atoms with van der Waals surface area (Å²) >= 11 is 0. The standard InChI is InChI=1S/C25H28N4O3S/c1-16-5-3-6-17(2)24(16)22-13-23-28-25(27-22)29-33(30,31)21-8-4-7-18(12-21)11-19-9-10-26-14-20(19)15-32-23/h3-8,12-13,19-20,26H,9-11,14-15H2,1-2H3,(H,27,28,29)/t19?,20-/m1/s1. The molecule has 8 heteroatoms. The van der Waals surface area contributed by atoms with Crippen LogP contribution in [-0.2, 0) is 16.4 Å². The maximum absolute atomic E-state index is 13.2. The molecule has 0 spiro atoms. The number of hydrogen-bond donors (Lipinski definition) is 2. The number of anilines is 1. The Hall–Kier alpha value is -2.97. The number of nitrogens with zero attached hydrogens (tertiary/aromatic N) is 2. The van der Waals surface area contributed by atoms with E-state index in [1.807, 2.05) is 38.1 Å². The highest BCUT2D eigenvalue weighted by Gasteiger charge is 2.28. The van der Waals surface area contributed by atoms with Crippen molar-refractivity contribution in [1.29, 1.82) is 0 Å². The van der Waals surface area contributed by atoms with Crippen molar-refractivity contribution in [1.82, 2.24) is 15.3 Å². The molecule has 0 saturated carbocycles. The predicted octanol–water partition coefficient (Wildman–Crippen LogP) is 3.72. The van der Waals surface area contributed by atoms with Gasteiger partial charge in [0.1, 0.15) is 0 Å². The number of benzene rings is 2. The van der Waals surface area contributed by atoms with Crippen LogP contribution >= 0.6 is 0 Å². The van der Waals surface area contributed by atoms with Crippen LogP contribution in [0.5, 0.6) is 5.88 Å². The molecular weight excluding hydrogens is 436 g/mol. The van der Waals surface area contributed by atoms with Crippen LogP contribution in [0.15, 0.2) is 53.4 Å². The van der Waals surface area contributed by atoms with Gasteiger partial charge in [0.25, 0.3) is 10.0 Å². The van der Waals surface area contributed by atoms with Gasteiger partial charge in [0.2, 0.25) is 11.8 Å². The van der Waals surface area contributed by atoms with Crippen LogP contribution in [0.3, 0.4) is 0 Å². The number of aryl methyl sites for hydroxylation is 2. The Labute approximate surface area is 194 Å². The lowest BCUT2D eigenvalue weighted by Crippen LogP contribution is -2.40. The Morgan fingerprint density at radius 2 is 1.79 bits per heavy atom. The molecule has 1 saturated heterocycles. The first kappa shape index (κ1) is 21.9. The maximum Gasteiger partial charge on any atom is 0.264 e. The van der Waals surface area contributed by atoms with Gasteiger partial charge in [0.05, 0.1) is 17.2 Å². The van der Waals surface area contributed by atoms with E-state index < -0.39 is 10.0 Å². The van der Waals surface area contributed by atoms with Gasteiger partial charge in [-0.15, -0.1) is 0 Å². The lowest BCUT2D eigenvalue weighted by Gasteiger charge is -2.32. The molecule has 3 heterocycles. The van der Waals surface area contributed by atoms with E-state index in [0.717, 1.165) is 48.2 Å². The first-order valence-corrected chi connectivity index (χ1v) is 12.8. The Morgan fingerprint density at radius 3 is 2.61 bits per heavy atom. The van der Waals surface area contributed by atoms with Gasteiger partial charge in [-0.05, 0) is 68.0 Å². The van der Waals surface area contributed by atoms with E-state index in [9.17, 15) is 8.42 Å². The zero-order chi connectivity index (χ0) is 23.0. The highest BCUT2D eigenvalue weighted by molar-refractivity contribution is 7.92. The minimum atomic E-state index is -3.85. The van der Waals surface area contributed by atoms with Crippen LogP contribution in [0.4, 0.5) is 5.95 Å². The minimum Gasteiger partial charge on any atom is -0.477 e. The highest BCUT2D eigenvalue weighted by atomic mass is 32.2. The van der Waals surface area contributed by atoms with Gasteiger partial charge in [-0.1, -0.05) is 30.3 Å². The van der Waals surface area contributed by atoms with Crippen molar-refractivity contribution in [2.24, 2.45) is 11.8 Å². The summed E-state index contributed by atoms with van der Waals surface area (Å²) in [5, 5.41) is 3.47. The van der Waals surface area contributed by atoms with Crippen molar-refractivity contribution in [3.05, 3.63) is 65.2 Å². The van der Waals surface area contributed by atoms with E-state index in [1.165, 1.54) is 0 Å². The fourth-order valence-electron chi connectivity index (χ4n) is 4.85. The number of ether oxygens (including phenoxy) is 1. The molecule has 7 nitrogen and oxygen atoms in total. The lowest BCUT2D eigenvalue weighted by atomic mass is 9.82. The molecule has 2 aromatic carbocycles. The number of rotatable bonds is 1. The fraction of sp³-hybridized carbons (Fsp3) is 0.360. The van der Waals surface area contributed by atoms with Gasteiger partial charge in [0, 0.05) is 24.1 Å². The minimum absolute atomic E-state index is 0.00752. The summed E-state index contributed by atoms with van der Waals surface area (Å²) in [7, 11) is -3.85. The van der Waals surface area contributed by atoms with E-state index in [1.54, 1.807) is 24.3 Å². The first-order valence-electron chi connectivity index (χ1n) is 11.3. The van der Waals surface area contributed by atoms with Crippen LogP contribution in [0.2, 0.25) is 0 Å². The Morgan fingerprint density at radius 1 is 1.00 bits per heavy atom. The fourth-order valence-corrected chi connectivity index (χ4v) is 5.86. The summed E-state index contributed by atoms with van der Waals surface area (Å²) in [6.07, 6.45) is 1.84. The molecule has 172 valence electrons. The van der Waals surface area contributed by atoms with Gasteiger partial charge in [-0.3, -0.25) is 0 Å². The van der Waals surface area contributed by atoms with Crippen LogP contribution in [0.1, 0.15) is 23.1 Å². The second-order valence-corrected chi connectivity index (χ2v) is 10.6. The topological polar surface area (TPSA) is 93.2 Å². The molecule has 0 radical (unpaired) electrons. The second-order valence-electron chi connectivity index (χ2n) is 8.96. The smallest absolute Gasteiger partial charge is 0.264 e. The zero-order valence-electron chi connectivity index (χ0n) is 18.8. The Bertz CT molecular complexity index is 1270. The van der Waals surface area contributed by atoms with Crippen molar-refractivity contribution in [3.63, 3.8) is 0 Å². The molecule has 2 aliphatic rings. The van der Waals surface area contributed by atoms with Gasteiger partial charge in [-0.2, -0.15) is 4.98 Å². The molecule has 1 aromatic heterocycles. The molecule has 0 amide bonds. The summed E-state index contributed by atoms with van der Waals surface area (Å²) in [6, 6.07) is 15.0. The van der Waals surface area contributed by atoms with E-state index >= 15 is 0 Å². The highest BCUT2D eigenvalue weighted by Crippen LogP contribution is 2.31. The van der Waals surface area contributed by atoms with Crippen LogP contribution < -0.4 is 14.8 Å². The number of aromatic nitrogens is 2. The quantitative estimate of drug-likeness (QED) is 0.570. The molecule has 2 N–H and O–H groups in total. The van der Waals surface area contributed by atoms with Crippen molar-refractivity contribution in [2.45, 2.75) is 31.6 Å². The van der Waals surface area contributed by atoms with E-state index in [4.69, 9.17) is 4.74 Å². The van der Waals surface area contributed by atoms with Gasteiger partial charge < -0.3 is 10.1 Å². The third kappa shape index (κ3) is 4.58. The van der Waals surface area contributed by atoms with Crippen LogP contribution in [0.25, 0.3) is 11.3 Å². The molecule has 2 aliphatic heterocycles. The van der Waals surface area contributed by atoms with E-state index in [-0.39, 0.29) is 10.8 Å². The molecule has 4 bridgehead atoms. The second kappa shape index (κ2) is 8.76. The number of fused-ring (bicyclic) bond motifs is 5. The number of nitrogens with one attached hydrogen (secondary N) is 2. The van der Waals surface area contributed by atoms with Gasteiger partial charge >= 0.3 is 0 Å². The first-order chi connectivity index (χ1) is 15.9. The van der Waals surface area contributed by atoms with Crippen molar-refractivity contribution in [3.8, 4) is 17.1 Å². The molecule has 3 aromatic rings. The SMILES string of the molecule is Cc1cccc(C)c1-c1cc2nc(n1)NS(=O)(=O)c1cccc(c1)CC1CCNC[C@@H]1CO2. The molecular formula is C25H28N4O3S. The maximum atomic E-state index is 13.2. The molecule has 1 unspecified atom stereocenters.